The van der Waals surface area contributed by atoms with E-state index in [1.54, 1.807) is 17.0 Å². The van der Waals surface area contributed by atoms with Gasteiger partial charge in [0.2, 0.25) is 10.0 Å². The second-order valence-electron chi connectivity index (χ2n) is 5.29. The minimum atomic E-state index is -3.58. The third-order valence-corrected chi connectivity index (χ3v) is 6.39. The zero-order chi connectivity index (χ0) is 15.6. The summed E-state index contributed by atoms with van der Waals surface area (Å²) in [6.45, 7) is 1.48. The molecule has 2 rings (SSSR count). The Morgan fingerprint density at radius 3 is 2.38 bits per heavy atom. The molecule has 0 atom stereocenters. The average molecular weight is 375 g/mol. The fourth-order valence-electron chi connectivity index (χ4n) is 2.31. The van der Waals surface area contributed by atoms with Crippen LogP contribution in [0.3, 0.4) is 0 Å². The molecule has 0 aliphatic carbocycles. The summed E-state index contributed by atoms with van der Waals surface area (Å²) >= 11 is 3.25. The molecule has 1 aliphatic rings. The predicted molar refractivity (Wildman–Crippen MR) is 84.8 cm³/mol. The standard InChI is InChI=1S/C14H19BrN2O3S/c1-16(2)21(19,20)13-10-11(6-7-12(13)15)14(18)17-8-4-3-5-9-17/h6-7,10H,3-5,8-9H2,1-2H3. The van der Waals surface area contributed by atoms with Gasteiger partial charge in [0.05, 0.1) is 4.90 Å². The third kappa shape index (κ3) is 3.46. The largest absolute Gasteiger partial charge is 0.339 e. The fraction of sp³-hybridized carbons (Fsp3) is 0.500. The molecular formula is C14H19BrN2O3S. The number of hydrogen-bond donors (Lipinski definition) is 0. The quantitative estimate of drug-likeness (QED) is 0.815. The molecule has 0 radical (unpaired) electrons. The Kier molecular flexibility index (Phi) is 5.06. The van der Waals surface area contributed by atoms with Gasteiger partial charge in [0, 0.05) is 37.2 Å². The topological polar surface area (TPSA) is 57.7 Å². The van der Waals surface area contributed by atoms with Crippen LogP contribution < -0.4 is 0 Å². The van der Waals surface area contributed by atoms with E-state index in [0.717, 1.165) is 36.7 Å². The summed E-state index contributed by atoms with van der Waals surface area (Å²) < 4.78 is 26.2. The van der Waals surface area contributed by atoms with Gasteiger partial charge in [-0.25, -0.2) is 12.7 Å². The number of likely N-dealkylation sites (tertiary alicyclic amines) is 1. The molecule has 1 aromatic rings. The van der Waals surface area contributed by atoms with Crippen LogP contribution in [0.1, 0.15) is 29.6 Å². The van der Waals surface area contributed by atoms with E-state index in [0.29, 0.717) is 10.0 Å². The monoisotopic (exact) mass is 374 g/mol. The van der Waals surface area contributed by atoms with Crippen molar-refractivity contribution in [3.8, 4) is 0 Å². The van der Waals surface area contributed by atoms with E-state index in [9.17, 15) is 13.2 Å². The van der Waals surface area contributed by atoms with E-state index in [1.807, 2.05) is 0 Å². The molecule has 5 nitrogen and oxygen atoms in total. The SMILES string of the molecule is CN(C)S(=O)(=O)c1cc(C(=O)N2CCCCC2)ccc1Br. The Morgan fingerprint density at radius 1 is 1.19 bits per heavy atom. The van der Waals surface area contributed by atoms with Crippen LogP contribution in [0.2, 0.25) is 0 Å². The molecule has 7 heteroatoms. The van der Waals surface area contributed by atoms with E-state index < -0.39 is 10.0 Å². The Bertz CT molecular complexity index is 638. The first-order valence-corrected chi connectivity index (χ1v) is 9.08. The normalized spacial score (nSPS) is 16.3. The summed E-state index contributed by atoms with van der Waals surface area (Å²) in [4.78, 5) is 14.4. The van der Waals surface area contributed by atoms with Gasteiger partial charge in [-0.15, -0.1) is 0 Å². The van der Waals surface area contributed by atoms with Crippen molar-refractivity contribution in [3.05, 3.63) is 28.2 Å². The maximum absolute atomic E-state index is 12.5. The lowest BCUT2D eigenvalue weighted by Gasteiger charge is -2.27. The summed E-state index contributed by atoms with van der Waals surface area (Å²) in [7, 11) is -0.632. The van der Waals surface area contributed by atoms with Crippen LogP contribution in [0.15, 0.2) is 27.6 Å². The number of halogens is 1. The van der Waals surface area contributed by atoms with Crippen molar-refractivity contribution in [2.75, 3.05) is 27.2 Å². The second-order valence-corrected chi connectivity index (χ2v) is 8.26. The minimum absolute atomic E-state index is 0.0996. The molecule has 1 aliphatic heterocycles. The van der Waals surface area contributed by atoms with Crippen LogP contribution in [0.25, 0.3) is 0 Å². The van der Waals surface area contributed by atoms with Gasteiger partial charge < -0.3 is 4.90 Å². The number of carbonyl (C=O) groups excluding carboxylic acids is 1. The predicted octanol–water partition coefficient (Wildman–Crippen LogP) is 2.33. The highest BCUT2D eigenvalue weighted by atomic mass is 79.9. The van der Waals surface area contributed by atoms with E-state index >= 15 is 0 Å². The van der Waals surface area contributed by atoms with Crippen molar-refractivity contribution in [2.45, 2.75) is 24.2 Å². The van der Waals surface area contributed by atoms with Gasteiger partial charge in [0.15, 0.2) is 0 Å². The fourth-order valence-corrected chi connectivity index (χ4v) is 4.15. The van der Waals surface area contributed by atoms with Crippen molar-refractivity contribution in [2.24, 2.45) is 0 Å². The molecule has 0 spiro atoms. The molecule has 0 aromatic heterocycles. The molecule has 1 amide bonds. The number of rotatable bonds is 3. The van der Waals surface area contributed by atoms with Crippen molar-refractivity contribution in [1.82, 2.24) is 9.21 Å². The Hall–Kier alpha value is -0.920. The summed E-state index contributed by atoms with van der Waals surface area (Å²) in [6.07, 6.45) is 3.15. The van der Waals surface area contributed by atoms with E-state index in [4.69, 9.17) is 0 Å². The second kappa shape index (κ2) is 6.46. The van der Waals surface area contributed by atoms with Gasteiger partial charge in [0.25, 0.3) is 5.91 Å². The number of benzene rings is 1. The van der Waals surface area contributed by atoms with Crippen LogP contribution >= 0.6 is 15.9 Å². The zero-order valence-corrected chi connectivity index (χ0v) is 14.6. The highest BCUT2D eigenvalue weighted by Crippen LogP contribution is 2.26. The minimum Gasteiger partial charge on any atom is -0.339 e. The summed E-state index contributed by atoms with van der Waals surface area (Å²) in [6, 6.07) is 4.74. The van der Waals surface area contributed by atoms with Gasteiger partial charge in [-0.05, 0) is 53.4 Å². The smallest absolute Gasteiger partial charge is 0.253 e. The summed E-state index contributed by atoms with van der Waals surface area (Å²) in [5.41, 5.74) is 0.417. The van der Waals surface area contributed by atoms with Crippen molar-refractivity contribution >= 4 is 31.9 Å². The Morgan fingerprint density at radius 2 is 1.81 bits per heavy atom. The van der Waals surface area contributed by atoms with Crippen LogP contribution in [0.5, 0.6) is 0 Å². The summed E-state index contributed by atoms with van der Waals surface area (Å²) in [5, 5.41) is 0. The molecule has 116 valence electrons. The molecule has 0 bridgehead atoms. The van der Waals surface area contributed by atoms with E-state index in [2.05, 4.69) is 15.9 Å². The number of sulfonamides is 1. The van der Waals surface area contributed by atoms with Crippen LogP contribution in [0, 0.1) is 0 Å². The number of carbonyl (C=O) groups is 1. The molecule has 1 saturated heterocycles. The van der Waals surface area contributed by atoms with Gasteiger partial charge in [0.1, 0.15) is 0 Å². The van der Waals surface area contributed by atoms with Gasteiger partial charge >= 0.3 is 0 Å². The number of hydrogen-bond acceptors (Lipinski definition) is 3. The lowest BCUT2D eigenvalue weighted by molar-refractivity contribution is 0.0724. The molecule has 1 aromatic carbocycles. The first kappa shape index (κ1) is 16.5. The zero-order valence-electron chi connectivity index (χ0n) is 12.2. The third-order valence-electron chi connectivity index (χ3n) is 3.58. The van der Waals surface area contributed by atoms with Crippen molar-refractivity contribution < 1.29 is 13.2 Å². The van der Waals surface area contributed by atoms with Gasteiger partial charge in [-0.1, -0.05) is 0 Å². The average Bonchev–Trinajstić information content (AvgIpc) is 2.47. The molecule has 1 fully saturated rings. The molecule has 1 heterocycles. The van der Waals surface area contributed by atoms with E-state index in [-0.39, 0.29) is 10.8 Å². The van der Waals surface area contributed by atoms with Gasteiger partial charge in [-0.2, -0.15) is 0 Å². The van der Waals surface area contributed by atoms with Gasteiger partial charge in [-0.3, -0.25) is 4.79 Å². The lowest BCUT2D eigenvalue weighted by Crippen LogP contribution is -2.35. The van der Waals surface area contributed by atoms with Crippen molar-refractivity contribution in [3.63, 3.8) is 0 Å². The highest BCUT2D eigenvalue weighted by Gasteiger charge is 2.24. The van der Waals surface area contributed by atoms with Crippen LogP contribution in [-0.4, -0.2) is 50.7 Å². The first-order valence-electron chi connectivity index (χ1n) is 6.85. The highest BCUT2D eigenvalue weighted by molar-refractivity contribution is 9.10. The molecule has 0 unspecified atom stereocenters. The number of piperidine rings is 1. The maximum Gasteiger partial charge on any atom is 0.253 e. The Balaban J connectivity index is 2.37. The van der Waals surface area contributed by atoms with Crippen LogP contribution in [0.4, 0.5) is 0 Å². The molecular weight excluding hydrogens is 356 g/mol. The number of nitrogens with zero attached hydrogens (tertiary/aromatic N) is 2. The summed E-state index contributed by atoms with van der Waals surface area (Å²) in [5.74, 6) is -0.0996. The maximum atomic E-state index is 12.5. The molecule has 0 N–H and O–H groups in total. The lowest BCUT2D eigenvalue weighted by atomic mass is 10.1. The first-order chi connectivity index (χ1) is 9.84. The van der Waals surface area contributed by atoms with Crippen molar-refractivity contribution in [1.29, 1.82) is 0 Å². The number of amides is 1. The van der Waals surface area contributed by atoms with Crippen LogP contribution in [-0.2, 0) is 10.0 Å². The molecule has 21 heavy (non-hydrogen) atoms. The Labute approximate surface area is 134 Å². The van der Waals surface area contributed by atoms with E-state index in [1.165, 1.54) is 20.2 Å². The molecule has 0 saturated carbocycles.